The Morgan fingerprint density at radius 1 is 1.15 bits per heavy atom. The molecule has 4 fully saturated rings. The van der Waals surface area contributed by atoms with E-state index < -0.39 is 5.82 Å². The van der Waals surface area contributed by atoms with Crippen LogP contribution in [0.2, 0.25) is 0 Å². The Morgan fingerprint density at radius 2 is 1.98 bits per heavy atom. The van der Waals surface area contributed by atoms with E-state index in [0.717, 1.165) is 65.3 Å². The van der Waals surface area contributed by atoms with Crippen molar-refractivity contribution in [1.82, 2.24) is 19.8 Å². The van der Waals surface area contributed by atoms with Crippen molar-refractivity contribution in [2.45, 2.75) is 70.2 Å². The van der Waals surface area contributed by atoms with E-state index in [0.29, 0.717) is 46.3 Å². The van der Waals surface area contributed by atoms with Gasteiger partial charge >= 0.3 is 0 Å². The van der Waals surface area contributed by atoms with E-state index in [9.17, 15) is 10.5 Å². The maximum absolute atomic E-state index is 17.5. The predicted octanol–water partition coefficient (Wildman–Crippen LogP) is 7.18. The zero-order chi connectivity index (χ0) is 31.7. The Bertz CT molecular complexity index is 2100. The molecular weight excluding hydrogens is 575 g/mol. The number of hydrogen-bond acceptors (Lipinski definition) is 6. The summed E-state index contributed by atoms with van der Waals surface area (Å²) in [5, 5.41) is 26.5. The highest BCUT2D eigenvalue weighted by Crippen LogP contribution is 2.49. The number of likely N-dealkylation sites (tertiary alicyclic amines) is 1. The van der Waals surface area contributed by atoms with Crippen molar-refractivity contribution in [3.8, 4) is 29.1 Å². The first-order valence-electron chi connectivity index (χ1n) is 16.5. The molecule has 3 saturated heterocycles. The number of nitrogens with zero attached hydrogens (tertiary/aromatic N) is 5. The second-order valence-electron chi connectivity index (χ2n) is 13.4. The van der Waals surface area contributed by atoms with Crippen LogP contribution in [0.1, 0.15) is 55.5 Å². The van der Waals surface area contributed by atoms with Gasteiger partial charge in [-0.15, -0.1) is 0 Å². The molecule has 3 aliphatic heterocycles. The summed E-state index contributed by atoms with van der Waals surface area (Å²) in [5.41, 5.74) is 4.59. The van der Waals surface area contributed by atoms with E-state index in [2.05, 4.69) is 60.0 Å². The molecule has 1 N–H and O–H groups in total. The molecule has 5 heterocycles. The molecule has 1 aliphatic carbocycles. The second kappa shape index (κ2) is 11.1. The molecule has 7 nitrogen and oxygen atoms in total. The first-order valence-corrected chi connectivity index (χ1v) is 16.5. The van der Waals surface area contributed by atoms with E-state index >= 15 is 4.39 Å². The van der Waals surface area contributed by atoms with Crippen molar-refractivity contribution < 1.29 is 9.13 Å². The van der Waals surface area contributed by atoms with Crippen LogP contribution in [0.4, 0.5) is 4.39 Å². The highest BCUT2D eigenvalue weighted by atomic mass is 19.1. The Kier molecular flexibility index (Phi) is 6.97. The molecular formula is C38H37FN6O. The van der Waals surface area contributed by atoms with Crippen molar-refractivity contribution >= 4 is 32.6 Å². The first-order chi connectivity index (χ1) is 22.4. The molecule has 0 unspecified atom stereocenters. The van der Waals surface area contributed by atoms with Gasteiger partial charge in [0.15, 0.2) is 5.82 Å². The third-order valence-electron chi connectivity index (χ3n) is 10.9. The number of nitrogens with one attached hydrogen (secondary N) is 1. The van der Waals surface area contributed by atoms with Gasteiger partial charge in [0.2, 0.25) is 5.88 Å². The van der Waals surface area contributed by atoms with Crippen LogP contribution >= 0.6 is 0 Å². The summed E-state index contributed by atoms with van der Waals surface area (Å²) in [7, 11) is 2.13. The van der Waals surface area contributed by atoms with Crippen LogP contribution in [0, 0.1) is 41.3 Å². The number of fused-ring (bicyclic) bond motifs is 5. The monoisotopic (exact) mass is 612 g/mol. The summed E-state index contributed by atoms with van der Waals surface area (Å²) in [6, 6.07) is 21.0. The van der Waals surface area contributed by atoms with Crippen LogP contribution in [0.3, 0.4) is 0 Å². The molecule has 2 bridgehead atoms. The smallest absolute Gasteiger partial charge is 0.223 e. The lowest BCUT2D eigenvalue weighted by Crippen LogP contribution is -2.39. The maximum atomic E-state index is 17.5. The highest BCUT2D eigenvalue weighted by molar-refractivity contribution is 6.10. The molecule has 2 aromatic heterocycles. The zero-order valence-electron chi connectivity index (χ0n) is 26.5. The third-order valence-corrected chi connectivity index (χ3v) is 10.9. The Morgan fingerprint density at radius 3 is 2.67 bits per heavy atom. The summed E-state index contributed by atoms with van der Waals surface area (Å²) in [6.45, 7) is 6.24. The molecule has 9 rings (SSSR count). The van der Waals surface area contributed by atoms with Crippen molar-refractivity contribution in [2.24, 2.45) is 5.92 Å². The van der Waals surface area contributed by atoms with Crippen LogP contribution < -0.4 is 10.1 Å². The molecule has 0 amide bonds. The second-order valence-corrected chi connectivity index (χ2v) is 13.4. The number of pyridine rings is 1. The van der Waals surface area contributed by atoms with Gasteiger partial charge in [-0.3, -0.25) is 4.90 Å². The first kappa shape index (κ1) is 28.9. The van der Waals surface area contributed by atoms with Gasteiger partial charge in [-0.05, 0) is 93.8 Å². The molecule has 46 heavy (non-hydrogen) atoms. The maximum Gasteiger partial charge on any atom is 0.223 e. The van der Waals surface area contributed by atoms with E-state index in [4.69, 9.17) is 9.72 Å². The molecule has 5 atom stereocenters. The number of benzene rings is 3. The summed E-state index contributed by atoms with van der Waals surface area (Å²) < 4.78 is 26.6. The SMILES string of the molecule is Cc1cc2c(O[C@@H](C)[C@@H]3CCCN3C)nc3c(F)c(-c4cccc5cccc(C#N)c45)c(CCC#N)cc3c2n1[C@H]1[C@H]2CN[C@@H]1C2. The van der Waals surface area contributed by atoms with Gasteiger partial charge < -0.3 is 14.6 Å². The minimum absolute atomic E-state index is 0.125. The number of rotatable bonds is 7. The normalized spacial score (nSPS) is 23.1. The number of ether oxygens (including phenoxy) is 1. The van der Waals surface area contributed by atoms with Crippen molar-refractivity contribution in [1.29, 1.82) is 10.5 Å². The van der Waals surface area contributed by atoms with Gasteiger partial charge in [-0.25, -0.2) is 9.37 Å². The molecule has 4 aliphatic rings. The molecule has 8 heteroatoms. The lowest BCUT2D eigenvalue weighted by atomic mass is 9.79. The van der Waals surface area contributed by atoms with Crippen LogP contribution in [0.15, 0.2) is 48.5 Å². The fourth-order valence-electron chi connectivity index (χ4n) is 8.65. The van der Waals surface area contributed by atoms with Crippen molar-refractivity contribution in [3.63, 3.8) is 0 Å². The lowest BCUT2D eigenvalue weighted by molar-refractivity contribution is 0.119. The summed E-state index contributed by atoms with van der Waals surface area (Å²) in [6.07, 6.45) is 3.82. The summed E-state index contributed by atoms with van der Waals surface area (Å²) >= 11 is 0. The number of aryl methyl sites for hydroxylation is 2. The van der Waals surface area contributed by atoms with E-state index in [1.54, 1.807) is 6.07 Å². The van der Waals surface area contributed by atoms with Gasteiger partial charge in [-0.1, -0.05) is 30.3 Å². The largest absolute Gasteiger partial charge is 0.472 e. The average Bonchev–Trinajstić information content (AvgIpc) is 3.86. The standard InChI is InChI=1S/C38H37FN6O/c1-21-16-29-37(45(21)36-26-18-30(36)42-20-26)28-17-24(11-6-14-40)33(27-12-5-9-23-8-4-10-25(19-41)32(23)27)34(39)35(28)43-38(29)46-22(2)31-13-7-15-44(31)3/h4-5,8-10,12,16-17,22,26,30-31,36,42H,6-7,11,13,15,18,20H2,1-3H3/t22-,26+,30+,31-,36-/m0/s1. The van der Waals surface area contributed by atoms with E-state index in [1.165, 1.54) is 0 Å². The fourth-order valence-corrected chi connectivity index (χ4v) is 8.65. The predicted molar refractivity (Wildman–Crippen MR) is 178 cm³/mol. The minimum atomic E-state index is -0.442. The Balaban J connectivity index is 1.43. The summed E-state index contributed by atoms with van der Waals surface area (Å²) in [5.74, 6) is 0.547. The molecule has 5 aromatic rings. The van der Waals surface area contributed by atoms with E-state index in [-0.39, 0.29) is 30.1 Å². The Labute approximate surface area is 268 Å². The third kappa shape index (κ3) is 4.31. The van der Waals surface area contributed by atoms with Crippen molar-refractivity contribution in [3.05, 3.63) is 71.2 Å². The van der Waals surface area contributed by atoms with E-state index in [1.807, 2.05) is 30.3 Å². The topological polar surface area (TPSA) is 89.9 Å². The van der Waals surface area contributed by atoms with Crippen LogP contribution in [-0.2, 0) is 6.42 Å². The number of hydrogen-bond donors (Lipinski definition) is 1. The summed E-state index contributed by atoms with van der Waals surface area (Å²) in [4.78, 5) is 7.34. The highest BCUT2D eigenvalue weighted by Gasteiger charge is 2.48. The lowest BCUT2D eigenvalue weighted by Gasteiger charge is -2.37. The Hall–Kier alpha value is -4.50. The molecule has 1 saturated carbocycles. The number of aromatic nitrogens is 2. The molecule has 232 valence electrons. The molecule has 0 spiro atoms. The van der Waals surface area contributed by atoms with Crippen LogP contribution in [0.25, 0.3) is 43.7 Å². The van der Waals surface area contributed by atoms with Crippen LogP contribution in [-0.4, -0.2) is 52.8 Å². The van der Waals surface area contributed by atoms with Gasteiger partial charge in [0.05, 0.1) is 34.6 Å². The zero-order valence-corrected chi connectivity index (χ0v) is 26.5. The van der Waals surface area contributed by atoms with Gasteiger partial charge in [0.25, 0.3) is 0 Å². The van der Waals surface area contributed by atoms with Gasteiger partial charge in [0.1, 0.15) is 11.6 Å². The van der Waals surface area contributed by atoms with Crippen LogP contribution in [0.5, 0.6) is 5.88 Å². The number of nitriles is 2. The number of halogens is 1. The number of likely N-dealkylation sites (N-methyl/N-ethyl adjacent to an activating group) is 1. The molecule has 0 radical (unpaired) electrons. The van der Waals surface area contributed by atoms with Gasteiger partial charge in [0, 0.05) is 47.1 Å². The minimum Gasteiger partial charge on any atom is -0.472 e. The quantitative estimate of drug-likeness (QED) is 0.209. The average molecular weight is 613 g/mol. The molecule has 3 aromatic carbocycles. The van der Waals surface area contributed by atoms with Crippen molar-refractivity contribution in [2.75, 3.05) is 20.1 Å². The van der Waals surface area contributed by atoms with Gasteiger partial charge in [-0.2, -0.15) is 10.5 Å². The fraction of sp³-hybridized carbons (Fsp3) is 0.395.